The number of carbonyl (C=O) groups excluding carboxylic acids is 1. The number of amides is 1. The monoisotopic (exact) mass is 507 g/mol. The number of benzene rings is 3. The van der Waals surface area contributed by atoms with Crippen LogP contribution >= 0.6 is 0 Å². The van der Waals surface area contributed by atoms with Crippen molar-refractivity contribution in [1.29, 1.82) is 0 Å². The molecule has 0 saturated heterocycles. The number of carbonyl (C=O) groups is 1. The average molecular weight is 508 g/mol. The van der Waals surface area contributed by atoms with Gasteiger partial charge in [-0.2, -0.15) is 0 Å². The zero-order valence-corrected chi connectivity index (χ0v) is 21.5. The molecule has 0 radical (unpaired) electrons. The van der Waals surface area contributed by atoms with Gasteiger partial charge in [0.1, 0.15) is 12.4 Å². The molecule has 38 heavy (non-hydrogen) atoms. The van der Waals surface area contributed by atoms with E-state index in [1.165, 1.54) is 0 Å². The van der Waals surface area contributed by atoms with Crippen molar-refractivity contribution in [2.75, 3.05) is 26.4 Å². The molecule has 1 aliphatic rings. The van der Waals surface area contributed by atoms with E-state index < -0.39 is 6.04 Å². The van der Waals surface area contributed by atoms with Gasteiger partial charge in [-0.05, 0) is 52.4 Å². The van der Waals surface area contributed by atoms with Gasteiger partial charge in [-0.25, -0.2) is 0 Å². The van der Waals surface area contributed by atoms with Crippen LogP contribution in [0.15, 0.2) is 97.3 Å². The highest BCUT2D eigenvalue weighted by molar-refractivity contribution is 5.82. The molecular formula is C32H33N3O3. The fourth-order valence-corrected chi connectivity index (χ4v) is 4.79. The van der Waals surface area contributed by atoms with E-state index >= 15 is 0 Å². The molecule has 0 spiro atoms. The molecule has 1 atom stereocenters. The van der Waals surface area contributed by atoms with Gasteiger partial charge in [-0.3, -0.25) is 9.78 Å². The van der Waals surface area contributed by atoms with Crippen molar-refractivity contribution in [3.05, 3.63) is 120 Å². The van der Waals surface area contributed by atoms with E-state index in [2.05, 4.69) is 41.4 Å². The van der Waals surface area contributed by atoms with Crippen LogP contribution in [-0.4, -0.2) is 48.2 Å². The first kappa shape index (κ1) is 25.6. The molecule has 4 aromatic rings. The van der Waals surface area contributed by atoms with Gasteiger partial charge in [-0.15, -0.1) is 0 Å². The van der Waals surface area contributed by atoms with E-state index in [9.17, 15) is 4.79 Å². The van der Waals surface area contributed by atoms with Gasteiger partial charge in [0, 0.05) is 37.5 Å². The lowest BCUT2D eigenvalue weighted by atomic mass is 9.98. The second kappa shape index (κ2) is 12.5. The van der Waals surface area contributed by atoms with Gasteiger partial charge in [0.25, 0.3) is 0 Å². The van der Waals surface area contributed by atoms with Gasteiger partial charge >= 0.3 is 0 Å². The molecule has 1 aromatic heterocycles. The molecule has 2 N–H and O–H groups in total. The summed E-state index contributed by atoms with van der Waals surface area (Å²) in [6.07, 6.45) is 4.86. The predicted octanol–water partition coefficient (Wildman–Crippen LogP) is 4.65. The lowest BCUT2D eigenvalue weighted by Crippen LogP contribution is -2.45. The topological polar surface area (TPSA) is 77.7 Å². The Morgan fingerprint density at radius 3 is 2.61 bits per heavy atom. The predicted molar refractivity (Wildman–Crippen MR) is 149 cm³/mol. The first-order chi connectivity index (χ1) is 18.7. The quantitative estimate of drug-likeness (QED) is 0.435. The van der Waals surface area contributed by atoms with Crippen LogP contribution in [0.1, 0.15) is 22.3 Å². The van der Waals surface area contributed by atoms with Crippen LogP contribution < -0.4 is 10.5 Å². The largest absolute Gasteiger partial charge is 0.491 e. The average Bonchev–Trinajstić information content (AvgIpc) is 2.95. The number of ether oxygens (including phenoxy) is 2. The van der Waals surface area contributed by atoms with Gasteiger partial charge < -0.3 is 20.1 Å². The molecule has 5 rings (SSSR count). The Hall–Kier alpha value is -4.00. The Labute approximate surface area is 224 Å². The number of nitrogens with two attached hydrogens (primary N) is 1. The molecule has 0 aliphatic carbocycles. The Morgan fingerprint density at radius 1 is 0.895 bits per heavy atom. The van der Waals surface area contributed by atoms with Crippen molar-refractivity contribution in [1.82, 2.24) is 9.88 Å². The number of hydrogen-bond donors (Lipinski definition) is 1. The first-order valence-corrected chi connectivity index (χ1v) is 13.1. The standard InChI is InChI=1S/C32H33N3O3/c33-30(20-24-6-2-1-3-7-24)32(36)35-14-15-37-16-17-38-31-12-11-27(28-10-5-13-34-22-28)21-29(31)19-25-8-4-9-26(18-25)23-35/h1-13,18,21-22,30H,14-17,19-20,23,33H2/t30-/m1/s1. The Bertz CT molecular complexity index is 1340. The molecule has 0 saturated carbocycles. The zero-order valence-electron chi connectivity index (χ0n) is 21.5. The van der Waals surface area contributed by atoms with Gasteiger partial charge in [0.05, 0.1) is 19.3 Å². The van der Waals surface area contributed by atoms with Crippen LogP contribution in [0.25, 0.3) is 11.1 Å². The normalized spacial score (nSPS) is 15.0. The zero-order chi connectivity index (χ0) is 26.2. The van der Waals surface area contributed by atoms with E-state index in [0.29, 0.717) is 45.8 Å². The van der Waals surface area contributed by atoms with Crippen molar-refractivity contribution in [3.63, 3.8) is 0 Å². The maximum Gasteiger partial charge on any atom is 0.240 e. The van der Waals surface area contributed by atoms with Crippen LogP contribution in [-0.2, 0) is 28.9 Å². The Balaban J connectivity index is 1.38. The summed E-state index contributed by atoms with van der Waals surface area (Å²) in [6.45, 7) is 2.24. The molecular weight excluding hydrogens is 474 g/mol. The maximum atomic E-state index is 13.4. The number of nitrogens with zero attached hydrogens (tertiary/aromatic N) is 2. The highest BCUT2D eigenvalue weighted by atomic mass is 16.5. The highest BCUT2D eigenvalue weighted by Gasteiger charge is 2.22. The third-order valence-electron chi connectivity index (χ3n) is 6.73. The SMILES string of the molecule is N[C@H](Cc1ccccc1)C(=O)N1CCOCCOc2ccc(-c3cccnc3)cc2Cc2cccc(c2)C1. The second-order valence-corrected chi connectivity index (χ2v) is 9.58. The summed E-state index contributed by atoms with van der Waals surface area (Å²) < 4.78 is 12.0. The van der Waals surface area contributed by atoms with Crippen molar-refractivity contribution in [2.45, 2.75) is 25.4 Å². The molecule has 1 aliphatic heterocycles. The maximum absolute atomic E-state index is 13.4. The van der Waals surface area contributed by atoms with Crippen molar-refractivity contribution in [3.8, 4) is 16.9 Å². The van der Waals surface area contributed by atoms with E-state index in [-0.39, 0.29) is 5.91 Å². The van der Waals surface area contributed by atoms with Gasteiger partial charge in [0.15, 0.2) is 0 Å². The van der Waals surface area contributed by atoms with Crippen molar-refractivity contribution >= 4 is 5.91 Å². The molecule has 6 heteroatoms. The Morgan fingerprint density at radius 2 is 1.76 bits per heavy atom. The summed E-state index contributed by atoms with van der Waals surface area (Å²) in [7, 11) is 0. The highest BCUT2D eigenvalue weighted by Crippen LogP contribution is 2.29. The van der Waals surface area contributed by atoms with Crippen LogP contribution in [0.4, 0.5) is 0 Å². The second-order valence-electron chi connectivity index (χ2n) is 9.58. The van der Waals surface area contributed by atoms with Gasteiger partial charge in [-0.1, -0.05) is 66.7 Å². The molecule has 0 fully saturated rings. The number of rotatable bonds is 4. The van der Waals surface area contributed by atoms with E-state index in [4.69, 9.17) is 15.2 Å². The van der Waals surface area contributed by atoms with Crippen LogP contribution in [0.3, 0.4) is 0 Å². The summed E-state index contributed by atoms with van der Waals surface area (Å²) in [6, 6.07) is 27.9. The van der Waals surface area contributed by atoms with Crippen LogP contribution in [0, 0.1) is 0 Å². The number of aromatic nitrogens is 1. The number of fused-ring (bicyclic) bond motifs is 3. The summed E-state index contributed by atoms with van der Waals surface area (Å²) in [5, 5.41) is 0. The summed E-state index contributed by atoms with van der Waals surface area (Å²) in [4.78, 5) is 19.5. The molecule has 2 heterocycles. The number of hydrogen-bond acceptors (Lipinski definition) is 5. The minimum atomic E-state index is -0.611. The van der Waals surface area contributed by atoms with Crippen molar-refractivity contribution < 1.29 is 14.3 Å². The smallest absolute Gasteiger partial charge is 0.240 e. The number of pyridine rings is 1. The molecule has 6 nitrogen and oxygen atoms in total. The third kappa shape index (κ3) is 6.65. The van der Waals surface area contributed by atoms with Crippen LogP contribution in [0.2, 0.25) is 0 Å². The van der Waals surface area contributed by atoms with E-state index in [0.717, 1.165) is 39.1 Å². The third-order valence-corrected chi connectivity index (χ3v) is 6.73. The molecule has 0 unspecified atom stereocenters. The molecule has 2 bridgehead atoms. The van der Waals surface area contributed by atoms with Crippen molar-refractivity contribution in [2.24, 2.45) is 5.73 Å². The summed E-state index contributed by atoms with van der Waals surface area (Å²) >= 11 is 0. The Kier molecular flexibility index (Phi) is 8.43. The lowest BCUT2D eigenvalue weighted by Gasteiger charge is -2.26. The molecule has 194 valence electrons. The van der Waals surface area contributed by atoms with E-state index in [1.54, 1.807) is 6.20 Å². The fraction of sp³-hybridized carbons (Fsp3) is 0.250. The lowest BCUT2D eigenvalue weighted by molar-refractivity contribution is -0.134. The first-order valence-electron chi connectivity index (χ1n) is 13.1. The van der Waals surface area contributed by atoms with Gasteiger partial charge in [0.2, 0.25) is 5.91 Å². The fourth-order valence-electron chi connectivity index (χ4n) is 4.79. The summed E-state index contributed by atoms with van der Waals surface area (Å²) in [5.74, 6) is 0.782. The van der Waals surface area contributed by atoms with Crippen LogP contribution in [0.5, 0.6) is 5.75 Å². The molecule has 1 amide bonds. The van der Waals surface area contributed by atoms with E-state index in [1.807, 2.05) is 59.6 Å². The minimum Gasteiger partial charge on any atom is -0.491 e. The molecule has 3 aromatic carbocycles. The summed E-state index contributed by atoms with van der Waals surface area (Å²) in [5.41, 5.74) is 12.9. The minimum absolute atomic E-state index is 0.0716.